The lowest BCUT2D eigenvalue weighted by atomic mass is 10.0. The van der Waals surface area contributed by atoms with Crippen molar-refractivity contribution in [2.24, 2.45) is 0 Å². The van der Waals surface area contributed by atoms with E-state index in [0.717, 1.165) is 11.1 Å². The number of rotatable bonds is 4. The molecule has 0 amide bonds. The third-order valence-electron chi connectivity index (χ3n) is 6.91. The minimum absolute atomic E-state index is 0.157. The maximum atomic E-state index is 13.5. The van der Waals surface area contributed by atoms with E-state index in [1.165, 1.54) is 12.1 Å². The highest BCUT2D eigenvalue weighted by Gasteiger charge is 2.35. The average molecular weight is 506 g/mol. The summed E-state index contributed by atoms with van der Waals surface area (Å²) in [7, 11) is 0. The lowest BCUT2D eigenvalue weighted by Crippen LogP contribution is -2.49. The highest BCUT2D eigenvalue weighted by atomic mass is 19.1. The van der Waals surface area contributed by atoms with E-state index in [9.17, 15) is 9.18 Å². The summed E-state index contributed by atoms with van der Waals surface area (Å²) in [5.41, 5.74) is 1.61. The van der Waals surface area contributed by atoms with Crippen LogP contribution in [0.25, 0.3) is 10.9 Å². The molecule has 4 heterocycles. The summed E-state index contributed by atoms with van der Waals surface area (Å²) in [6.07, 6.45) is 0. The molecule has 10 nitrogen and oxygen atoms in total. The number of aromatic nitrogens is 5. The van der Waals surface area contributed by atoms with Gasteiger partial charge in [-0.3, -0.25) is 9.69 Å². The molecule has 1 fully saturated rings. The Morgan fingerprint density at radius 2 is 1.70 bits per heavy atom. The van der Waals surface area contributed by atoms with Gasteiger partial charge in [0, 0.05) is 48.9 Å². The van der Waals surface area contributed by atoms with Gasteiger partial charge in [-0.1, -0.05) is 0 Å². The van der Waals surface area contributed by atoms with Gasteiger partial charge < -0.3 is 19.4 Å². The molecule has 192 valence electrons. The van der Waals surface area contributed by atoms with Crippen LogP contribution in [0.5, 0.6) is 11.5 Å². The standard InChI is InChI=1S/C26H28FN7O3/c1-26(2,3)34-24(29-30-31-34)23(33-10-8-32(9-11-33)18-6-4-17(27)5-7-18)19-12-16-13-21-22(37-15-36-21)14-20(16)28-25(19)35/h4-7,12-14,23H,8-11,15H2,1-3H3,(H,28,35)/t23-/m0/s1. The monoisotopic (exact) mass is 505 g/mol. The van der Waals surface area contributed by atoms with Crippen LogP contribution in [0.2, 0.25) is 0 Å². The Balaban J connectivity index is 1.40. The van der Waals surface area contributed by atoms with E-state index in [1.807, 2.05) is 32.9 Å². The first-order chi connectivity index (χ1) is 17.8. The number of fused-ring (bicyclic) bond motifs is 2. The van der Waals surface area contributed by atoms with Crippen LogP contribution in [0.1, 0.15) is 38.2 Å². The fourth-order valence-electron chi connectivity index (χ4n) is 5.05. The summed E-state index contributed by atoms with van der Waals surface area (Å²) < 4.78 is 26.2. The first-order valence-electron chi connectivity index (χ1n) is 12.3. The number of aromatic amines is 1. The lowest BCUT2D eigenvalue weighted by molar-refractivity contribution is 0.174. The van der Waals surface area contributed by atoms with Gasteiger partial charge in [-0.05, 0) is 67.6 Å². The number of tetrazole rings is 1. The van der Waals surface area contributed by atoms with Crippen molar-refractivity contribution >= 4 is 16.6 Å². The Labute approximate surface area is 212 Å². The van der Waals surface area contributed by atoms with Crippen molar-refractivity contribution in [2.45, 2.75) is 32.4 Å². The topological polar surface area (TPSA) is 101 Å². The van der Waals surface area contributed by atoms with Crippen LogP contribution in [-0.4, -0.2) is 63.1 Å². The molecule has 1 atom stereocenters. The van der Waals surface area contributed by atoms with Crippen LogP contribution in [0.4, 0.5) is 10.1 Å². The number of anilines is 1. The van der Waals surface area contributed by atoms with Crippen LogP contribution in [0.3, 0.4) is 0 Å². The number of halogens is 1. The van der Waals surface area contributed by atoms with E-state index < -0.39 is 6.04 Å². The van der Waals surface area contributed by atoms with Gasteiger partial charge >= 0.3 is 0 Å². The molecule has 2 aliphatic rings. The lowest BCUT2D eigenvalue weighted by Gasteiger charge is -2.40. The van der Waals surface area contributed by atoms with Gasteiger partial charge in [0.15, 0.2) is 17.3 Å². The van der Waals surface area contributed by atoms with Gasteiger partial charge in [0.05, 0.1) is 11.1 Å². The minimum atomic E-state index is -0.469. The van der Waals surface area contributed by atoms with E-state index in [2.05, 4.69) is 30.3 Å². The molecule has 6 rings (SSSR count). The van der Waals surface area contributed by atoms with E-state index >= 15 is 0 Å². The molecule has 2 aliphatic heterocycles. The Kier molecular flexibility index (Phi) is 5.59. The fourth-order valence-corrected chi connectivity index (χ4v) is 5.05. The van der Waals surface area contributed by atoms with Crippen molar-refractivity contribution in [1.82, 2.24) is 30.1 Å². The number of piperazine rings is 1. The zero-order valence-electron chi connectivity index (χ0n) is 20.9. The molecular weight excluding hydrogens is 477 g/mol. The highest BCUT2D eigenvalue weighted by Crippen LogP contribution is 2.37. The first kappa shape index (κ1) is 23.4. The molecule has 1 N–H and O–H groups in total. The van der Waals surface area contributed by atoms with Gasteiger partial charge in [0.1, 0.15) is 11.9 Å². The number of pyridine rings is 1. The maximum absolute atomic E-state index is 13.5. The smallest absolute Gasteiger partial charge is 0.253 e. The highest BCUT2D eigenvalue weighted by molar-refractivity contribution is 5.83. The maximum Gasteiger partial charge on any atom is 0.253 e. The average Bonchev–Trinajstić information content (AvgIpc) is 3.54. The molecule has 11 heteroatoms. The van der Waals surface area contributed by atoms with Crippen LogP contribution < -0.4 is 19.9 Å². The molecule has 0 unspecified atom stereocenters. The van der Waals surface area contributed by atoms with E-state index in [4.69, 9.17) is 9.47 Å². The van der Waals surface area contributed by atoms with Gasteiger partial charge in [-0.2, -0.15) is 0 Å². The van der Waals surface area contributed by atoms with E-state index in [1.54, 1.807) is 22.9 Å². The second kappa shape index (κ2) is 8.84. The van der Waals surface area contributed by atoms with Gasteiger partial charge in [0.2, 0.25) is 6.79 Å². The van der Waals surface area contributed by atoms with Crippen LogP contribution in [-0.2, 0) is 5.54 Å². The van der Waals surface area contributed by atoms with Crippen molar-refractivity contribution in [2.75, 3.05) is 37.9 Å². The van der Waals surface area contributed by atoms with Gasteiger partial charge in [-0.15, -0.1) is 5.10 Å². The normalized spacial score (nSPS) is 16.9. The van der Waals surface area contributed by atoms with E-state index in [-0.39, 0.29) is 23.7 Å². The third kappa shape index (κ3) is 4.29. The van der Waals surface area contributed by atoms with E-state index in [0.29, 0.717) is 54.6 Å². The van der Waals surface area contributed by atoms with Crippen molar-refractivity contribution in [3.63, 3.8) is 0 Å². The second-order valence-electron chi connectivity index (χ2n) is 10.4. The molecule has 1 saturated heterocycles. The largest absolute Gasteiger partial charge is 0.454 e. The molecule has 0 aliphatic carbocycles. The van der Waals surface area contributed by atoms with Crippen molar-refractivity contribution in [3.8, 4) is 11.5 Å². The predicted octanol–water partition coefficient (Wildman–Crippen LogP) is 3.05. The number of nitrogens with zero attached hydrogens (tertiary/aromatic N) is 6. The number of ether oxygens (including phenoxy) is 2. The molecule has 0 saturated carbocycles. The summed E-state index contributed by atoms with van der Waals surface area (Å²) in [4.78, 5) is 21.0. The Morgan fingerprint density at radius 3 is 2.41 bits per heavy atom. The molecular formula is C26H28FN7O3. The third-order valence-corrected chi connectivity index (χ3v) is 6.91. The van der Waals surface area contributed by atoms with Gasteiger partial charge in [-0.25, -0.2) is 9.07 Å². The van der Waals surface area contributed by atoms with Crippen LogP contribution in [0.15, 0.2) is 47.3 Å². The molecule has 0 radical (unpaired) electrons. The molecule has 2 aromatic carbocycles. The Bertz CT molecular complexity index is 1500. The second-order valence-corrected chi connectivity index (χ2v) is 10.4. The zero-order valence-corrected chi connectivity index (χ0v) is 20.9. The van der Waals surface area contributed by atoms with Crippen LogP contribution in [0, 0.1) is 5.82 Å². The SMILES string of the molecule is CC(C)(C)n1nnnc1[C@H](c1cc2cc3c(cc2[nH]c1=O)OCO3)N1CCN(c2ccc(F)cc2)CC1. The zero-order chi connectivity index (χ0) is 25.7. The first-order valence-corrected chi connectivity index (χ1v) is 12.3. The van der Waals surface area contributed by atoms with Gasteiger partial charge in [0.25, 0.3) is 5.56 Å². The number of H-pyrrole nitrogens is 1. The molecule has 0 spiro atoms. The van der Waals surface area contributed by atoms with Crippen molar-refractivity contribution in [1.29, 1.82) is 0 Å². The summed E-state index contributed by atoms with van der Waals surface area (Å²) >= 11 is 0. The number of nitrogens with one attached hydrogen (secondary N) is 1. The number of hydrogen-bond acceptors (Lipinski definition) is 8. The molecule has 4 aromatic rings. The molecule has 2 aromatic heterocycles. The van der Waals surface area contributed by atoms with Crippen molar-refractivity contribution < 1.29 is 13.9 Å². The van der Waals surface area contributed by atoms with Crippen molar-refractivity contribution in [3.05, 3.63) is 70.0 Å². The quantitative estimate of drug-likeness (QED) is 0.452. The summed E-state index contributed by atoms with van der Waals surface area (Å²) in [5, 5.41) is 13.5. The summed E-state index contributed by atoms with van der Waals surface area (Å²) in [6.45, 7) is 9.00. The Hall–Kier alpha value is -3.99. The summed E-state index contributed by atoms with van der Waals surface area (Å²) in [6, 6.07) is 11.6. The molecule has 37 heavy (non-hydrogen) atoms. The number of benzene rings is 2. The molecule has 0 bridgehead atoms. The minimum Gasteiger partial charge on any atom is -0.454 e. The van der Waals surface area contributed by atoms with Crippen LogP contribution >= 0.6 is 0 Å². The Morgan fingerprint density at radius 1 is 1.00 bits per heavy atom. The fraction of sp³-hybridized carbons (Fsp3) is 0.385. The number of hydrogen-bond donors (Lipinski definition) is 1. The summed E-state index contributed by atoms with van der Waals surface area (Å²) in [5.74, 6) is 1.61. The predicted molar refractivity (Wildman–Crippen MR) is 136 cm³/mol.